The maximum Gasteiger partial charge on any atom is 0.0294 e. The number of rotatable bonds is 4. The van der Waals surface area contributed by atoms with Crippen LogP contribution in [0, 0.1) is 5.92 Å². The quantitative estimate of drug-likeness (QED) is 0.905. The van der Waals surface area contributed by atoms with Gasteiger partial charge in [0.25, 0.3) is 0 Å². The Labute approximate surface area is 125 Å². The SMILES string of the molecule is CC(N[C@@H](C)c1cccc(Br)c1)C1CCN(C)CC1. The van der Waals surface area contributed by atoms with Gasteiger partial charge in [-0.05, 0) is 70.4 Å². The summed E-state index contributed by atoms with van der Waals surface area (Å²) in [6, 6.07) is 9.59. The van der Waals surface area contributed by atoms with Crippen molar-refractivity contribution < 1.29 is 0 Å². The molecule has 1 saturated heterocycles. The third-order valence-corrected chi connectivity index (χ3v) is 4.83. The van der Waals surface area contributed by atoms with Gasteiger partial charge in [-0.25, -0.2) is 0 Å². The zero-order valence-corrected chi connectivity index (χ0v) is 13.8. The van der Waals surface area contributed by atoms with Crippen molar-refractivity contribution in [3.8, 4) is 0 Å². The first kappa shape index (κ1) is 15.0. The van der Waals surface area contributed by atoms with Crippen LogP contribution in [-0.4, -0.2) is 31.1 Å². The number of piperidine rings is 1. The highest BCUT2D eigenvalue weighted by atomic mass is 79.9. The lowest BCUT2D eigenvalue weighted by atomic mass is 9.90. The van der Waals surface area contributed by atoms with Gasteiger partial charge in [0.05, 0.1) is 0 Å². The summed E-state index contributed by atoms with van der Waals surface area (Å²) in [5.74, 6) is 0.811. The minimum absolute atomic E-state index is 0.409. The summed E-state index contributed by atoms with van der Waals surface area (Å²) in [6.07, 6.45) is 2.63. The van der Waals surface area contributed by atoms with E-state index < -0.39 is 0 Å². The molecule has 1 unspecified atom stereocenters. The molecule has 1 heterocycles. The van der Waals surface area contributed by atoms with E-state index in [1.165, 1.54) is 31.5 Å². The monoisotopic (exact) mass is 324 g/mol. The second-order valence-electron chi connectivity index (χ2n) is 5.87. The van der Waals surface area contributed by atoms with E-state index in [0.29, 0.717) is 12.1 Å². The van der Waals surface area contributed by atoms with Crippen LogP contribution in [0.5, 0.6) is 0 Å². The van der Waals surface area contributed by atoms with Crippen LogP contribution in [0.25, 0.3) is 0 Å². The fourth-order valence-corrected chi connectivity index (χ4v) is 3.35. The number of halogens is 1. The normalized spacial score (nSPS) is 21.3. The maximum atomic E-state index is 3.77. The van der Waals surface area contributed by atoms with Crippen molar-refractivity contribution in [3.05, 3.63) is 34.3 Å². The Morgan fingerprint density at radius 3 is 2.58 bits per heavy atom. The molecular weight excluding hydrogens is 300 g/mol. The molecule has 106 valence electrons. The standard InChI is InChI=1S/C16H25BrN2/c1-12(14-7-9-19(3)10-8-14)18-13(2)15-5-4-6-16(17)11-15/h4-6,11-14,18H,7-10H2,1-3H3/t12?,13-/m0/s1. The van der Waals surface area contributed by atoms with E-state index in [9.17, 15) is 0 Å². The van der Waals surface area contributed by atoms with Crippen LogP contribution in [0.3, 0.4) is 0 Å². The van der Waals surface area contributed by atoms with E-state index >= 15 is 0 Å². The van der Waals surface area contributed by atoms with Gasteiger partial charge < -0.3 is 10.2 Å². The molecule has 0 aliphatic carbocycles. The predicted molar refractivity (Wildman–Crippen MR) is 85.4 cm³/mol. The molecule has 1 N–H and O–H groups in total. The smallest absolute Gasteiger partial charge is 0.0294 e. The Bertz CT molecular complexity index is 399. The number of benzene rings is 1. The minimum atomic E-state index is 0.409. The third kappa shape index (κ3) is 4.30. The molecule has 0 radical (unpaired) electrons. The van der Waals surface area contributed by atoms with Crippen molar-refractivity contribution >= 4 is 15.9 Å². The molecule has 0 bridgehead atoms. The summed E-state index contributed by atoms with van der Waals surface area (Å²) in [7, 11) is 2.22. The summed E-state index contributed by atoms with van der Waals surface area (Å²) < 4.78 is 1.16. The van der Waals surface area contributed by atoms with E-state index in [-0.39, 0.29) is 0 Å². The molecule has 1 aromatic carbocycles. The molecule has 0 amide bonds. The predicted octanol–water partition coefficient (Wildman–Crippen LogP) is 3.83. The van der Waals surface area contributed by atoms with Crippen LogP contribution in [0.15, 0.2) is 28.7 Å². The summed E-state index contributed by atoms with van der Waals surface area (Å²) in [5, 5.41) is 3.77. The zero-order chi connectivity index (χ0) is 13.8. The van der Waals surface area contributed by atoms with Gasteiger partial charge in [0.1, 0.15) is 0 Å². The Morgan fingerprint density at radius 1 is 1.26 bits per heavy atom. The number of likely N-dealkylation sites (tertiary alicyclic amines) is 1. The lowest BCUT2D eigenvalue weighted by molar-refractivity contribution is 0.185. The Balaban J connectivity index is 1.89. The summed E-state index contributed by atoms with van der Waals surface area (Å²) in [4.78, 5) is 2.43. The molecule has 3 heteroatoms. The molecule has 2 rings (SSSR count). The van der Waals surface area contributed by atoms with E-state index in [4.69, 9.17) is 0 Å². The van der Waals surface area contributed by atoms with Crippen LogP contribution >= 0.6 is 15.9 Å². The first-order valence-electron chi connectivity index (χ1n) is 7.26. The van der Waals surface area contributed by atoms with E-state index in [1.807, 2.05) is 0 Å². The average Bonchev–Trinajstić information content (AvgIpc) is 2.39. The highest BCUT2D eigenvalue weighted by molar-refractivity contribution is 9.10. The maximum absolute atomic E-state index is 3.77. The second-order valence-corrected chi connectivity index (χ2v) is 6.79. The Hall–Kier alpha value is -0.380. The van der Waals surface area contributed by atoms with Crippen LogP contribution < -0.4 is 5.32 Å². The van der Waals surface area contributed by atoms with Gasteiger partial charge in [0.2, 0.25) is 0 Å². The molecule has 1 aliphatic heterocycles. The van der Waals surface area contributed by atoms with Gasteiger partial charge in [-0.1, -0.05) is 28.1 Å². The molecule has 0 saturated carbocycles. The highest BCUT2D eigenvalue weighted by Crippen LogP contribution is 2.23. The molecule has 1 aliphatic rings. The zero-order valence-electron chi connectivity index (χ0n) is 12.2. The van der Waals surface area contributed by atoms with Gasteiger partial charge in [0, 0.05) is 16.6 Å². The third-order valence-electron chi connectivity index (χ3n) is 4.33. The molecule has 2 nitrogen and oxygen atoms in total. The molecule has 19 heavy (non-hydrogen) atoms. The van der Waals surface area contributed by atoms with Crippen molar-refractivity contribution in [2.75, 3.05) is 20.1 Å². The van der Waals surface area contributed by atoms with Gasteiger partial charge in [-0.3, -0.25) is 0 Å². The minimum Gasteiger partial charge on any atom is -0.307 e. The van der Waals surface area contributed by atoms with Crippen molar-refractivity contribution in [2.24, 2.45) is 5.92 Å². The molecule has 0 aromatic heterocycles. The summed E-state index contributed by atoms with van der Waals surface area (Å²) >= 11 is 3.55. The topological polar surface area (TPSA) is 15.3 Å². The fourth-order valence-electron chi connectivity index (χ4n) is 2.93. The Kier molecular flexibility index (Phi) is 5.43. The first-order valence-corrected chi connectivity index (χ1v) is 8.05. The molecule has 2 atom stereocenters. The van der Waals surface area contributed by atoms with Crippen molar-refractivity contribution in [1.29, 1.82) is 0 Å². The van der Waals surface area contributed by atoms with Gasteiger partial charge in [-0.2, -0.15) is 0 Å². The molecule has 1 aromatic rings. The first-order chi connectivity index (χ1) is 9.06. The van der Waals surface area contributed by atoms with Crippen LogP contribution in [0.1, 0.15) is 38.3 Å². The van der Waals surface area contributed by atoms with Gasteiger partial charge >= 0.3 is 0 Å². The molecular formula is C16H25BrN2. The largest absolute Gasteiger partial charge is 0.307 e. The summed E-state index contributed by atoms with van der Waals surface area (Å²) in [6.45, 7) is 7.07. The van der Waals surface area contributed by atoms with E-state index in [0.717, 1.165) is 10.4 Å². The number of nitrogens with one attached hydrogen (secondary N) is 1. The van der Waals surface area contributed by atoms with Crippen molar-refractivity contribution in [2.45, 2.75) is 38.8 Å². The van der Waals surface area contributed by atoms with Crippen molar-refractivity contribution in [3.63, 3.8) is 0 Å². The van der Waals surface area contributed by atoms with E-state index in [2.05, 4.69) is 71.3 Å². The van der Waals surface area contributed by atoms with Gasteiger partial charge in [-0.15, -0.1) is 0 Å². The van der Waals surface area contributed by atoms with Crippen LogP contribution in [0.4, 0.5) is 0 Å². The number of hydrogen-bond donors (Lipinski definition) is 1. The molecule has 1 fully saturated rings. The molecule has 0 spiro atoms. The average molecular weight is 325 g/mol. The highest BCUT2D eigenvalue weighted by Gasteiger charge is 2.23. The Morgan fingerprint density at radius 2 is 1.95 bits per heavy atom. The second kappa shape index (κ2) is 6.87. The number of hydrogen-bond acceptors (Lipinski definition) is 2. The van der Waals surface area contributed by atoms with Gasteiger partial charge in [0.15, 0.2) is 0 Å². The van der Waals surface area contributed by atoms with Crippen LogP contribution in [0.2, 0.25) is 0 Å². The lowest BCUT2D eigenvalue weighted by Gasteiger charge is -2.34. The van der Waals surface area contributed by atoms with Crippen LogP contribution in [-0.2, 0) is 0 Å². The summed E-state index contributed by atoms with van der Waals surface area (Å²) in [5.41, 5.74) is 1.36. The number of nitrogens with zero attached hydrogens (tertiary/aromatic N) is 1. The lowest BCUT2D eigenvalue weighted by Crippen LogP contribution is -2.41. The van der Waals surface area contributed by atoms with E-state index in [1.54, 1.807) is 0 Å². The fraction of sp³-hybridized carbons (Fsp3) is 0.625. The van der Waals surface area contributed by atoms with Crippen molar-refractivity contribution in [1.82, 2.24) is 10.2 Å².